The normalized spacial score (nSPS) is 22.6. The first-order valence-corrected chi connectivity index (χ1v) is 6.67. The average molecular weight is 285 g/mol. The number of nitro groups is 1. The van der Waals surface area contributed by atoms with E-state index in [0.717, 1.165) is 19.3 Å². The van der Waals surface area contributed by atoms with Crippen LogP contribution >= 0.6 is 11.6 Å². The van der Waals surface area contributed by atoms with Gasteiger partial charge in [-0.05, 0) is 31.4 Å². The van der Waals surface area contributed by atoms with E-state index in [9.17, 15) is 10.1 Å². The molecule has 2 atom stereocenters. The standard InChI is InChI=1S/C13H17ClN2O3/c1-19-12-4-3-11(7-12)15-8-9-6-10(14)2-5-13(9)16(17)18/h2,5-6,11-12,15H,3-4,7-8H2,1H3. The van der Waals surface area contributed by atoms with Crippen molar-refractivity contribution in [3.8, 4) is 0 Å². The van der Waals surface area contributed by atoms with Crippen molar-refractivity contribution in [1.29, 1.82) is 0 Å². The average Bonchev–Trinajstić information content (AvgIpc) is 2.84. The number of hydrogen-bond acceptors (Lipinski definition) is 4. The minimum absolute atomic E-state index is 0.109. The largest absolute Gasteiger partial charge is 0.381 e. The van der Waals surface area contributed by atoms with Crippen LogP contribution < -0.4 is 5.32 Å². The lowest BCUT2D eigenvalue weighted by molar-refractivity contribution is -0.385. The fourth-order valence-electron chi connectivity index (χ4n) is 2.47. The summed E-state index contributed by atoms with van der Waals surface area (Å²) < 4.78 is 5.31. The van der Waals surface area contributed by atoms with Gasteiger partial charge in [0, 0.05) is 36.3 Å². The van der Waals surface area contributed by atoms with Gasteiger partial charge in [0.25, 0.3) is 5.69 Å². The van der Waals surface area contributed by atoms with Gasteiger partial charge in [-0.25, -0.2) is 0 Å². The van der Waals surface area contributed by atoms with Crippen LogP contribution in [-0.2, 0) is 11.3 Å². The molecule has 1 N–H and O–H groups in total. The Bertz CT molecular complexity index is 467. The van der Waals surface area contributed by atoms with E-state index in [1.54, 1.807) is 19.2 Å². The lowest BCUT2D eigenvalue weighted by Gasteiger charge is -2.13. The summed E-state index contributed by atoms with van der Waals surface area (Å²) in [5.74, 6) is 0. The van der Waals surface area contributed by atoms with Gasteiger partial charge in [-0.3, -0.25) is 10.1 Å². The zero-order valence-corrected chi connectivity index (χ0v) is 11.5. The Morgan fingerprint density at radius 1 is 1.53 bits per heavy atom. The van der Waals surface area contributed by atoms with Crippen LogP contribution in [0.15, 0.2) is 18.2 Å². The summed E-state index contributed by atoms with van der Waals surface area (Å²) >= 11 is 5.89. The van der Waals surface area contributed by atoms with Gasteiger partial charge in [-0.15, -0.1) is 0 Å². The highest BCUT2D eigenvalue weighted by Crippen LogP contribution is 2.25. The number of ether oxygens (including phenoxy) is 1. The minimum Gasteiger partial charge on any atom is -0.381 e. The lowest BCUT2D eigenvalue weighted by atomic mass is 10.1. The van der Waals surface area contributed by atoms with Crippen molar-refractivity contribution in [1.82, 2.24) is 5.32 Å². The predicted octanol–water partition coefficient (Wildman–Crippen LogP) is 2.91. The molecule has 104 valence electrons. The van der Waals surface area contributed by atoms with Crippen LogP contribution in [0.5, 0.6) is 0 Å². The van der Waals surface area contributed by atoms with Crippen molar-refractivity contribution >= 4 is 17.3 Å². The highest BCUT2D eigenvalue weighted by Gasteiger charge is 2.24. The summed E-state index contributed by atoms with van der Waals surface area (Å²) in [6.45, 7) is 0.456. The third kappa shape index (κ3) is 3.65. The SMILES string of the molecule is COC1CCC(NCc2cc(Cl)ccc2[N+](=O)[O-])C1. The highest BCUT2D eigenvalue weighted by atomic mass is 35.5. The Balaban J connectivity index is 1.99. The fourth-order valence-corrected chi connectivity index (χ4v) is 2.66. The van der Waals surface area contributed by atoms with Gasteiger partial charge >= 0.3 is 0 Å². The van der Waals surface area contributed by atoms with Crippen LogP contribution in [0.3, 0.4) is 0 Å². The van der Waals surface area contributed by atoms with E-state index in [1.165, 1.54) is 6.07 Å². The Morgan fingerprint density at radius 2 is 2.32 bits per heavy atom. The van der Waals surface area contributed by atoms with Crippen molar-refractivity contribution in [3.05, 3.63) is 38.9 Å². The van der Waals surface area contributed by atoms with Crippen LogP contribution in [0.2, 0.25) is 5.02 Å². The molecular weight excluding hydrogens is 268 g/mol. The summed E-state index contributed by atoms with van der Waals surface area (Å²) in [5.41, 5.74) is 0.733. The third-order valence-corrected chi connectivity index (χ3v) is 3.77. The monoisotopic (exact) mass is 284 g/mol. The maximum absolute atomic E-state index is 10.9. The van der Waals surface area contributed by atoms with Gasteiger partial charge in [0.1, 0.15) is 0 Å². The molecule has 1 aromatic rings. The topological polar surface area (TPSA) is 64.4 Å². The molecule has 0 spiro atoms. The van der Waals surface area contributed by atoms with Gasteiger partial charge in [0.2, 0.25) is 0 Å². The van der Waals surface area contributed by atoms with Gasteiger partial charge in [-0.1, -0.05) is 11.6 Å². The molecule has 0 bridgehead atoms. The van der Waals surface area contributed by atoms with Crippen molar-refractivity contribution in [2.24, 2.45) is 0 Å². The van der Waals surface area contributed by atoms with Crippen LogP contribution in [-0.4, -0.2) is 24.2 Å². The zero-order valence-electron chi connectivity index (χ0n) is 10.8. The molecular formula is C13H17ClN2O3. The minimum atomic E-state index is -0.375. The second-order valence-electron chi connectivity index (χ2n) is 4.78. The number of nitrogens with zero attached hydrogens (tertiary/aromatic N) is 1. The van der Waals surface area contributed by atoms with Crippen LogP contribution in [0.25, 0.3) is 0 Å². The van der Waals surface area contributed by atoms with Crippen molar-refractivity contribution < 1.29 is 9.66 Å². The lowest BCUT2D eigenvalue weighted by Crippen LogP contribution is -2.27. The van der Waals surface area contributed by atoms with E-state index in [-0.39, 0.29) is 10.6 Å². The summed E-state index contributed by atoms with van der Waals surface area (Å²) in [6, 6.07) is 4.99. The van der Waals surface area contributed by atoms with Gasteiger partial charge in [0.05, 0.1) is 11.0 Å². The first-order chi connectivity index (χ1) is 9.10. The van der Waals surface area contributed by atoms with Crippen LogP contribution in [0.4, 0.5) is 5.69 Å². The number of nitro benzene ring substituents is 1. The summed E-state index contributed by atoms with van der Waals surface area (Å²) in [7, 11) is 1.72. The molecule has 1 aliphatic carbocycles. The smallest absolute Gasteiger partial charge is 0.273 e. The van der Waals surface area contributed by atoms with Crippen molar-refractivity contribution in [2.45, 2.75) is 38.0 Å². The number of rotatable bonds is 5. The van der Waals surface area contributed by atoms with Crippen molar-refractivity contribution in [2.75, 3.05) is 7.11 Å². The van der Waals surface area contributed by atoms with E-state index in [1.807, 2.05) is 0 Å². The quantitative estimate of drug-likeness (QED) is 0.667. The third-order valence-electron chi connectivity index (χ3n) is 3.54. The fraction of sp³-hybridized carbons (Fsp3) is 0.538. The number of halogens is 1. The van der Waals surface area contributed by atoms with Gasteiger partial charge < -0.3 is 10.1 Å². The van der Waals surface area contributed by atoms with E-state index in [2.05, 4.69) is 5.32 Å². The molecule has 5 nitrogen and oxygen atoms in total. The molecule has 1 aliphatic rings. The van der Waals surface area contributed by atoms with E-state index in [4.69, 9.17) is 16.3 Å². The summed E-state index contributed by atoms with van der Waals surface area (Å²) in [6.07, 6.45) is 3.32. The summed E-state index contributed by atoms with van der Waals surface area (Å²) in [5, 5.41) is 14.8. The molecule has 1 saturated carbocycles. The molecule has 0 amide bonds. The first kappa shape index (κ1) is 14.2. The second-order valence-corrected chi connectivity index (χ2v) is 5.22. The number of methoxy groups -OCH3 is 1. The number of hydrogen-bond donors (Lipinski definition) is 1. The maximum atomic E-state index is 10.9. The molecule has 0 aromatic heterocycles. The number of nitrogens with one attached hydrogen (secondary N) is 1. The molecule has 6 heteroatoms. The van der Waals surface area contributed by atoms with E-state index in [0.29, 0.717) is 29.3 Å². The van der Waals surface area contributed by atoms with Crippen LogP contribution in [0.1, 0.15) is 24.8 Å². The molecule has 2 rings (SSSR count). The number of benzene rings is 1. The molecule has 1 aromatic carbocycles. The van der Waals surface area contributed by atoms with Gasteiger partial charge in [-0.2, -0.15) is 0 Å². The molecule has 19 heavy (non-hydrogen) atoms. The zero-order chi connectivity index (χ0) is 13.8. The molecule has 0 saturated heterocycles. The summed E-state index contributed by atoms with van der Waals surface area (Å²) in [4.78, 5) is 10.6. The van der Waals surface area contributed by atoms with Gasteiger partial charge in [0.15, 0.2) is 0 Å². The Hall–Kier alpha value is -1.17. The Kier molecular flexibility index (Phi) is 4.74. The second kappa shape index (κ2) is 6.32. The predicted molar refractivity (Wildman–Crippen MR) is 73.4 cm³/mol. The maximum Gasteiger partial charge on any atom is 0.273 e. The first-order valence-electron chi connectivity index (χ1n) is 6.29. The molecule has 2 unspecified atom stereocenters. The Labute approximate surface area is 117 Å². The van der Waals surface area contributed by atoms with Crippen LogP contribution in [0, 0.1) is 10.1 Å². The highest BCUT2D eigenvalue weighted by molar-refractivity contribution is 6.30. The molecule has 0 heterocycles. The molecule has 0 radical (unpaired) electrons. The molecule has 1 fully saturated rings. The van der Waals surface area contributed by atoms with E-state index < -0.39 is 0 Å². The molecule has 0 aliphatic heterocycles. The van der Waals surface area contributed by atoms with Crippen molar-refractivity contribution in [3.63, 3.8) is 0 Å². The van der Waals surface area contributed by atoms with E-state index >= 15 is 0 Å². The Morgan fingerprint density at radius 3 is 2.95 bits per heavy atom.